The Hall–Kier alpha value is -1.06. The van der Waals surface area contributed by atoms with Crippen molar-refractivity contribution >= 4 is 0 Å². The molecule has 1 aliphatic rings. The molecule has 1 fully saturated rings. The molecule has 3 atom stereocenters. The molecule has 3 N–H and O–H groups in total. The summed E-state index contributed by atoms with van der Waals surface area (Å²) in [5.74, 6) is 8.24. The summed E-state index contributed by atoms with van der Waals surface area (Å²) in [5.41, 5.74) is 6.70. The molecule has 0 aliphatic heterocycles. The summed E-state index contributed by atoms with van der Waals surface area (Å²) in [7, 11) is 1.75. The molecule has 0 radical (unpaired) electrons. The fourth-order valence-electron chi connectivity index (χ4n) is 3.36. The van der Waals surface area contributed by atoms with Crippen LogP contribution in [0, 0.1) is 25.7 Å². The summed E-state index contributed by atoms with van der Waals surface area (Å²) in [6, 6.07) is 4.52. The van der Waals surface area contributed by atoms with Gasteiger partial charge in [0.25, 0.3) is 0 Å². The Morgan fingerprint density at radius 2 is 2.05 bits per heavy atom. The highest BCUT2D eigenvalue weighted by Crippen LogP contribution is 2.42. The van der Waals surface area contributed by atoms with Crippen molar-refractivity contribution in [2.24, 2.45) is 17.7 Å². The van der Waals surface area contributed by atoms with E-state index in [0.29, 0.717) is 5.92 Å². The molecule has 3 heteroatoms. The molecule has 0 amide bonds. The molecule has 1 saturated carbocycles. The van der Waals surface area contributed by atoms with Gasteiger partial charge in [0.1, 0.15) is 5.75 Å². The first-order valence-electron chi connectivity index (χ1n) is 7.18. The number of ether oxygens (including phenoxy) is 1. The van der Waals surface area contributed by atoms with Gasteiger partial charge in [-0.05, 0) is 49.7 Å². The van der Waals surface area contributed by atoms with Gasteiger partial charge < -0.3 is 4.74 Å². The summed E-state index contributed by atoms with van der Waals surface area (Å²) in [6.07, 6.45) is 3.78. The SMILES string of the molecule is COc1c(C(NN)C2CCC(C)C2)ccc(C)c1C. The number of nitrogens with two attached hydrogens (primary N) is 1. The second-order valence-electron chi connectivity index (χ2n) is 5.95. The Morgan fingerprint density at radius 1 is 1.32 bits per heavy atom. The number of hydrogen-bond acceptors (Lipinski definition) is 3. The molecule has 1 aliphatic carbocycles. The number of hydrogen-bond donors (Lipinski definition) is 2. The van der Waals surface area contributed by atoms with E-state index in [1.54, 1.807) is 7.11 Å². The van der Waals surface area contributed by atoms with Gasteiger partial charge in [-0.2, -0.15) is 0 Å². The van der Waals surface area contributed by atoms with Gasteiger partial charge in [-0.15, -0.1) is 0 Å². The summed E-state index contributed by atoms with van der Waals surface area (Å²) in [4.78, 5) is 0. The first-order valence-corrected chi connectivity index (χ1v) is 7.18. The molecule has 0 spiro atoms. The molecular weight excluding hydrogens is 236 g/mol. The predicted octanol–water partition coefficient (Wildman–Crippen LogP) is 3.25. The Morgan fingerprint density at radius 3 is 2.58 bits per heavy atom. The Labute approximate surface area is 116 Å². The van der Waals surface area contributed by atoms with Crippen LogP contribution in [0.15, 0.2) is 12.1 Å². The zero-order valence-corrected chi connectivity index (χ0v) is 12.5. The molecule has 1 aromatic carbocycles. The van der Waals surface area contributed by atoms with Crippen LogP contribution in [0.2, 0.25) is 0 Å². The van der Waals surface area contributed by atoms with E-state index in [1.165, 1.54) is 36.0 Å². The first-order chi connectivity index (χ1) is 9.08. The highest BCUT2D eigenvalue weighted by molar-refractivity contribution is 5.47. The van der Waals surface area contributed by atoms with Crippen molar-refractivity contribution in [3.8, 4) is 5.75 Å². The van der Waals surface area contributed by atoms with Crippen LogP contribution in [0.5, 0.6) is 5.75 Å². The minimum atomic E-state index is 0.194. The van der Waals surface area contributed by atoms with Crippen LogP contribution >= 0.6 is 0 Å². The zero-order chi connectivity index (χ0) is 14.0. The minimum Gasteiger partial charge on any atom is -0.496 e. The van der Waals surface area contributed by atoms with Crippen LogP contribution < -0.4 is 16.0 Å². The topological polar surface area (TPSA) is 47.3 Å². The van der Waals surface area contributed by atoms with E-state index in [-0.39, 0.29) is 6.04 Å². The number of hydrazine groups is 1. The molecule has 106 valence electrons. The van der Waals surface area contributed by atoms with Gasteiger partial charge in [-0.3, -0.25) is 11.3 Å². The number of benzene rings is 1. The quantitative estimate of drug-likeness (QED) is 0.647. The molecule has 0 aromatic heterocycles. The van der Waals surface area contributed by atoms with Gasteiger partial charge in [0.05, 0.1) is 13.2 Å². The predicted molar refractivity (Wildman–Crippen MR) is 79.0 cm³/mol. The van der Waals surface area contributed by atoms with E-state index < -0.39 is 0 Å². The third-order valence-electron chi connectivity index (χ3n) is 4.63. The molecule has 3 unspecified atom stereocenters. The van der Waals surface area contributed by atoms with Crippen LogP contribution in [-0.2, 0) is 0 Å². The molecule has 0 saturated heterocycles. The highest BCUT2D eigenvalue weighted by atomic mass is 16.5. The van der Waals surface area contributed by atoms with E-state index in [0.717, 1.165) is 11.7 Å². The Bertz CT molecular complexity index is 445. The van der Waals surface area contributed by atoms with Crippen LogP contribution in [0.1, 0.15) is 48.9 Å². The van der Waals surface area contributed by atoms with E-state index >= 15 is 0 Å². The second-order valence-corrected chi connectivity index (χ2v) is 5.95. The third-order valence-corrected chi connectivity index (χ3v) is 4.63. The van der Waals surface area contributed by atoms with Crippen LogP contribution in [0.3, 0.4) is 0 Å². The van der Waals surface area contributed by atoms with Crippen molar-refractivity contribution < 1.29 is 4.74 Å². The van der Waals surface area contributed by atoms with Crippen LogP contribution in [0.25, 0.3) is 0 Å². The highest BCUT2D eigenvalue weighted by Gasteiger charge is 2.31. The Balaban J connectivity index is 2.35. The molecule has 0 bridgehead atoms. The summed E-state index contributed by atoms with van der Waals surface area (Å²) >= 11 is 0. The fraction of sp³-hybridized carbons (Fsp3) is 0.625. The lowest BCUT2D eigenvalue weighted by atomic mass is 9.89. The van der Waals surface area contributed by atoms with Gasteiger partial charge in [-0.25, -0.2) is 0 Å². The molecule has 0 heterocycles. The minimum absolute atomic E-state index is 0.194. The fourth-order valence-corrected chi connectivity index (χ4v) is 3.36. The third kappa shape index (κ3) is 2.77. The standard InChI is InChI=1S/C16H26N2O/c1-10-5-7-13(9-10)15(18-17)14-8-6-11(2)12(3)16(14)19-4/h6,8,10,13,15,18H,5,7,9,17H2,1-4H3. The lowest BCUT2D eigenvalue weighted by molar-refractivity contribution is 0.341. The normalized spacial score (nSPS) is 24.5. The maximum absolute atomic E-state index is 5.84. The van der Waals surface area contributed by atoms with Gasteiger partial charge in [-0.1, -0.05) is 25.5 Å². The average molecular weight is 262 g/mol. The average Bonchev–Trinajstić information content (AvgIpc) is 2.81. The largest absolute Gasteiger partial charge is 0.496 e. The van der Waals surface area contributed by atoms with Crippen LogP contribution in [0.4, 0.5) is 0 Å². The van der Waals surface area contributed by atoms with Crippen molar-refractivity contribution in [2.75, 3.05) is 7.11 Å². The monoisotopic (exact) mass is 262 g/mol. The maximum Gasteiger partial charge on any atom is 0.126 e. The smallest absolute Gasteiger partial charge is 0.126 e. The number of aryl methyl sites for hydroxylation is 1. The summed E-state index contributed by atoms with van der Waals surface area (Å²) in [5, 5.41) is 0. The zero-order valence-electron chi connectivity index (χ0n) is 12.5. The van der Waals surface area contributed by atoms with Gasteiger partial charge >= 0.3 is 0 Å². The van der Waals surface area contributed by atoms with Crippen molar-refractivity contribution in [2.45, 2.75) is 46.1 Å². The second kappa shape index (κ2) is 5.93. The molecule has 1 aromatic rings. The van der Waals surface area contributed by atoms with Gasteiger partial charge in [0.2, 0.25) is 0 Å². The molecule has 3 nitrogen and oxygen atoms in total. The van der Waals surface area contributed by atoms with E-state index in [9.17, 15) is 0 Å². The van der Waals surface area contributed by atoms with Gasteiger partial charge in [0, 0.05) is 5.56 Å². The van der Waals surface area contributed by atoms with E-state index in [1.807, 2.05) is 0 Å². The lowest BCUT2D eigenvalue weighted by Gasteiger charge is -2.26. The van der Waals surface area contributed by atoms with E-state index in [2.05, 4.69) is 38.3 Å². The van der Waals surface area contributed by atoms with Crippen molar-refractivity contribution in [1.29, 1.82) is 0 Å². The first kappa shape index (κ1) is 14.4. The number of nitrogens with one attached hydrogen (secondary N) is 1. The Kier molecular flexibility index (Phi) is 4.48. The summed E-state index contributed by atoms with van der Waals surface area (Å²) in [6.45, 7) is 6.55. The molecule has 2 rings (SSSR count). The lowest BCUT2D eigenvalue weighted by Crippen LogP contribution is -2.33. The number of methoxy groups -OCH3 is 1. The maximum atomic E-state index is 5.84. The molecule has 19 heavy (non-hydrogen) atoms. The van der Waals surface area contributed by atoms with Crippen molar-refractivity contribution in [1.82, 2.24) is 5.43 Å². The van der Waals surface area contributed by atoms with Crippen LogP contribution in [-0.4, -0.2) is 7.11 Å². The number of rotatable bonds is 4. The van der Waals surface area contributed by atoms with Crippen molar-refractivity contribution in [3.63, 3.8) is 0 Å². The summed E-state index contributed by atoms with van der Waals surface area (Å²) < 4.78 is 5.63. The van der Waals surface area contributed by atoms with E-state index in [4.69, 9.17) is 10.6 Å². The van der Waals surface area contributed by atoms with Crippen molar-refractivity contribution in [3.05, 3.63) is 28.8 Å². The van der Waals surface area contributed by atoms with Gasteiger partial charge in [0.15, 0.2) is 0 Å². The molecular formula is C16H26N2O.